The predicted octanol–water partition coefficient (Wildman–Crippen LogP) is 4.98. The van der Waals surface area contributed by atoms with E-state index in [1.165, 1.54) is 26.7 Å². The Bertz CT molecular complexity index is 2750. The van der Waals surface area contributed by atoms with E-state index in [1.807, 2.05) is 6.07 Å². The molecular weight excluding hydrogens is 953 g/mol. The minimum Gasteiger partial charge on any atom is -0.473 e. The molecule has 380 valence electrons. The minimum atomic E-state index is -1.45. The summed E-state index contributed by atoms with van der Waals surface area (Å²) < 4.78 is 73.7. The Morgan fingerprint density at radius 3 is 1.58 bits per heavy atom. The smallest absolute Gasteiger partial charge is 0.253 e. The van der Waals surface area contributed by atoms with Crippen molar-refractivity contribution in [1.82, 2.24) is 60.4 Å². The lowest BCUT2D eigenvalue weighted by Gasteiger charge is -2.26. The zero-order valence-electron chi connectivity index (χ0n) is 39.5. The van der Waals surface area contributed by atoms with Gasteiger partial charge in [-0.25, -0.2) is 28.1 Å². The first-order valence-electron chi connectivity index (χ1n) is 24.3. The predicted molar refractivity (Wildman–Crippen MR) is 250 cm³/mol. The van der Waals surface area contributed by atoms with E-state index in [9.17, 15) is 28.0 Å². The third-order valence-corrected chi connectivity index (χ3v) is 13.4. The Balaban J connectivity index is 0.680. The van der Waals surface area contributed by atoms with Crippen molar-refractivity contribution in [3.63, 3.8) is 0 Å². The van der Waals surface area contributed by atoms with Gasteiger partial charge in [0.2, 0.25) is 35.5 Å². The normalized spacial score (nSPS) is 20.4. The van der Waals surface area contributed by atoms with Gasteiger partial charge in [-0.1, -0.05) is 88.3 Å². The molecule has 4 aromatic heterocycles. The first-order valence-corrected chi connectivity index (χ1v) is 24.3. The summed E-state index contributed by atoms with van der Waals surface area (Å²) in [6, 6.07) is 20.6. The fraction of sp³-hybridized carbons (Fsp3) is 0.412. The van der Waals surface area contributed by atoms with Crippen molar-refractivity contribution in [2.45, 2.75) is 107 Å². The van der Waals surface area contributed by atoms with Crippen molar-refractivity contribution in [2.24, 2.45) is 0 Å². The van der Waals surface area contributed by atoms with Gasteiger partial charge in [0.1, 0.15) is 49.8 Å². The topological polar surface area (TPSA) is 204 Å². The van der Waals surface area contributed by atoms with E-state index in [0.717, 1.165) is 30.6 Å². The van der Waals surface area contributed by atoms with Crippen LogP contribution in [-0.2, 0) is 43.6 Å². The summed E-state index contributed by atoms with van der Waals surface area (Å²) in [5.41, 5.74) is 3.30. The molecule has 6 aromatic rings. The molecule has 0 spiro atoms. The third-order valence-electron chi connectivity index (χ3n) is 13.4. The van der Waals surface area contributed by atoms with Gasteiger partial charge in [-0.15, -0.1) is 5.10 Å². The van der Waals surface area contributed by atoms with E-state index in [4.69, 9.17) is 9.47 Å². The van der Waals surface area contributed by atoms with E-state index in [-0.39, 0.29) is 87.9 Å². The first-order chi connectivity index (χ1) is 35.4. The molecule has 73 heavy (non-hydrogen) atoms. The largest absolute Gasteiger partial charge is 0.473 e. The van der Waals surface area contributed by atoms with Gasteiger partial charge in [-0.05, 0) is 60.8 Å². The van der Waals surface area contributed by atoms with Crippen LogP contribution in [-0.4, -0.2) is 124 Å². The van der Waals surface area contributed by atoms with Gasteiger partial charge < -0.3 is 29.9 Å². The maximum atomic E-state index is 15.1. The molecule has 4 aliphatic rings. The SMILES string of the molecule is O=C(NC(c1ccccc1)c1ccc(C2CC2)c(F)n1)C1CC(F)CN1C(=O)Cn1cc(COCCOc2cn(CC(=O)N3CC(F)CC3C(=O)NC(c3ccccc3)c3ccc(C4CC4)c(F)n3)nn2)nn1. The summed E-state index contributed by atoms with van der Waals surface area (Å²) >= 11 is 0. The minimum absolute atomic E-state index is 0.0104. The number of pyridine rings is 2. The lowest BCUT2D eigenvalue weighted by Crippen LogP contribution is -2.48. The number of amides is 4. The van der Waals surface area contributed by atoms with Crippen molar-refractivity contribution in [1.29, 1.82) is 0 Å². The highest BCUT2D eigenvalue weighted by molar-refractivity contribution is 5.89. The van der Waals surface area contributed by atoms with Gasteiger partial charge in [-0.2, -0.15) is 8.78 Å². The molecule has 2 aliphatic heterocycles. The standard InChI is InChI=1S/C51H52F4N12O6/c52-34-21-41(50(70)58-46(32-7-3-1-4-8-32)39-17-15-37(30-11-12-30)48(54)56-39)66(23-34)44(68)27-64-25-36(60-62-64)29-72-19-20-73-43-26-65(63-61-43)28-45(69)67-24-35(53)22-42(67)51(71)59-47(33-9-5-2-6-10-33)40-18-16-38(31-13-14-31)49(55)57-40/h1-10,15-18,25-26,30-31,34-35,41-42,46-47H,11-14,19-24,27-29H2,(H,58,70)(H,59,71). The van der Waals surface area contributed by atoms with E-state index in [1.54, 1.807) is 78.9 Å². The lowest BCUT2D eigenvalue weighted by molar-refractivity contribution is -0.139. The number of hydrogen-bond acceptors (Lipinski definition) is 12. The van der Waals surface area contributed by atoms with Gasteiger partial charge in [-0.3, -0.25) is 19.2 Å². The number of halogens is 4. The van der Waals surface area contributed by atoms with Gasteiger partial charge in [0, 0.05) is 24.0 Å². The number of benzene rings is 2. The molecule has 6 heterocycles. The van der Waals surface area contributed by atoms with Crippen molar-refractivity contribution < 1.29 is 46.2 Å². The fourth-order valence-corrected chi connectivity index (χ4v) is 9.43. The average molecular weight is 1010 g/mol. The van der Waals surface area contributed by atoms with Crippen LogP contribution < -0.4 is 15.4 Å². The Kier molecular flexibility index (Phi) is 14.5. The number of likely N-dealkylation sites (tertiary alicyclic amines) is 2. The van der Waals surface area contributed by atoms with Gasteiger partial charge in [0.25, 0.3) is 5.88 Å². The van der Waals surface area contributed by atoms with Gasteiger partial charge in [0.15, 0.2) is 0 Å². The summed E-state index contributed by atoms with van der Waals surface area (Å²) in [7, 11) is 0. The number of ether oxygens (including phenoxy) is 2. The molecule has 4 amide bonds. The number of nitrogens with one attached hydrogen (secondary N) is 2. The van der Waals surface area contributed by atoms with E-state index >= 15 is 8.78 Å². The van der Waals surface area contributed by atoms with Crippen LogP contribution in [0.1, 0.15) is 102 Å². The van der Waals surface area contributed by atoms with Crippen molar-refractivity contribution in [2.75, 3.05) is 26.3 Å². The molecule has 2 N–H and O–H groups in total. The van der Waals surface area contributed by atoms with Gasteiger partial charge in [0.05, 0.1) is 62.2 Å². The number of carbonyl (C=O) groups is 4. The summed E-state index contributed by atoms with van der Waals surface area (Å²) in [5, 5.41) is 21.7. The molecular formula is C51H52F4N12O6. The highest BCUT2D eigenvalue weighted by Gasteiger charge is 2.43. The quantitative estimate of drug-likeness (QED) is 0.0591. The Hall–Kier alpha value is -7.62. The molecule has 4 fully saturated rings. The molecule has 2 aromatic carbocycles. The van der Waals surface area contributed by atoms with Crippen molar-refractivity contribution in [3.05, 3.63) is 149 Å². The first kappa shape index (κ1) is 49.0. The lowest BCUT2D eigenvalue weighted by atomic mass is 10.0. The molecule has 6 atom stereocenters. The number of carbonyl (C=O) groups excluding carboxylic acids is 4. The second-order valence-electron chi connectivity index (χ2n) is 18.8. The molecule has 0 radical (unpaired) electrons. The van der Waals surface area contributed by atoms with Crippen LogP contribution in [0.25, 0.3) is 0 Å². The van der Waals surface area contributed by atoms with Crippen LogP contribution >= 0.6 is 0 Å². The number of hydrogen-bond donors (Lipinski definition) is 2. The molecule has 10 rings (SSSR count). The summed E-state index contributed by atoms with van der Waals surface area (Å²) in [4.78, 5) is 65.4. The van der Waals surface area contributed by atoms with Crippen molar-refractivity contribution in [3.8, 4) is 5.88 Å². The monoisotopic (exact) mass is 1000 g/mol. The van der Waals surface area contributed by atoms with Crippen LogP contribution in [0.3, 0.4) is 0 Å². The third kappa shape index (κ3) is 11.7. The number of rotatable bonds is 20. The second kappa shape index (κ2) is 21.6. The number of nitrogens with zero attached hydrogens (tertiary/aromatic N) is 10. The summed E-state index contributed by atoms with van der Waals surface area (Å²) in [6.45, 7) is -1.21. The molecule has 6 unspecified atom stereocenters. The highest BCUT2D eigenvalue weighted by Crippen LogP contribution is 2.42. The van der Waals surface area contributed by atoms with E-state index in [0.29, 0.717) is 27.9 Å². The maximum absolute atomic E-state index is 15.1. The Morgan fingerprint density at radius 2 is 1.10 bits per heavy atom. The van der Waals surface area contributed by atoms with Crippen LogP contribution in [0.4, 0.5) is 17.6 Å². The van der Waals surface area contributed by atoms with E-state index in [2.05, 4.69) is 41.2 Å². The maximum Gasteiger partial charge on any atom is 0.253 e. The molecule has 2 aliphatic carbocycles. The number of alkyl halides is 2. The zero-order valence-corrected chi connectivity index (χ0v) is 39.5. The summed E-state index contributed by atoms with van der Waals surface area (Å²) in [6.07, 6.45) is 3.11. The van der Waals surface area contributed by atoms with Crippen molar-refractivity contribution >= 4 is 23.6 Å². The molecule has 18 nitrogen and oxygen atoms in total. The Morgan fingerprint density at radius 1 is 0.616 bits per heavy atom. The second-order valence-corrected chi connectivity index (χ2v) is 18.8. The summed E-state index contributed by atoms with van der Waals surface area (Å²) in [5.74, 6) is -3.17. The van der Waals surface area contributed by atoms with Gasteiger partial charge >= 0.3 is 0 Å². The van der Waals surface area contributed by atoms with Crippen LogP contribution in [0.2, 0.25) is 0 Å². The van der Waals surface area contributed by atoms with Crippen LogP contribution in [0, 0.1) is 11.9 Å². The number of aromatic nitrogens is 8. The molecule has 2 saturated carbocycles. The average Bonchev–Trinajstić information content (AvgIpc) is 4.23. The highest BCUT2D eigenvalue weighted by atomic mass is 19.1. The van der Waals surface area contributed by atoms with Crippen LogP contribution in [0.5, 0.6) is 5.88 Å². The van der Waals surface area contributed by atoms with E-state index < -0.39 is 72.0 Å². The zero-order chi connectivity index (χ0) is 50.6. The van der Waals surface area contributed by atoms with Crippen LogP contribution in [0.15, 0.2) is 97.3 Å². The molecule has 22 heteroatoms. The fourth-order valence-electron chi connectivity index (χ4n) is 9.43. The Labute approximate surface area is 416 Å². The molecule has 0 bridgehead atoms. The molecule has 2 saturated heterocycles.